The molecule has 0 amide bonds. The third-order valence-electron chi connectivity index (χ3n) is 4.65. The van der Waals surface area contributed by atoms with Crippen LogP contribution in [0.5, 0.6) is 0 Å². The quantitative estimate of drug-likeness (QED) is 0.822. The van der Waals surface area contributed by atoms with Crippen molar-refractivity contribution in [2.24, 2.45) is 11.8 Å². The highest BCUT2D eigenvalue weighted by atomic mass is 16.5. The van der Waals surface area contributed by atoms with E-state index in [4.69, 9.17) is 4.74 Å². The van der Waals surface area contributed by atoms with E-state index in [1.54, 1.807) is 0 Å². The molecule has 0 spiro atoms. The normalized spacial score (nSPS) is 21.8. The number of rotatable bonds is 7. The van der Waals surface area contributed by atoms with Gasteiger partial charge in [-0.25, -0.2) is 0 Å². The van der Waals surface area contributed by atoms with E-state index in [9.17, 15) is 0 Å². The zero-order chi connectivity index (χ0) is 13.6. The Morgan fingerprint density at radius 2 is 1.80 bits per heavy atom. The Hall–Kier alpha value is -0.860. The van der Waals surface area contributed by atoms with Crippen molar-refractivity contribution in [1.82, 2.24) is 5.32 Å². The molecule has 1 aromatic carbocycles. The van der Waals surface area contributed by atoms with Gasteiger partial charge >= 0.3 is 0 Å². The topological polar surface area (TPSA) is 21.3 Å². The predicted molar refractivity (Wildman–Crippen MR) is 82.8 cm³/mol. The number of ether oxygens (including phenoxy) is 1. The predicted octanol–water partition coefficient (Wildman–Crippen LogP) is 3.41. The fraction of sp³-hybridized carbons (Fsp3) is 0.667. The molecule has 1 heterocycles. The molecule has 0 radical (unpaired) electrons. The second-order valence-corrected chi connectivity index (χ2v) is 6.53. The molecule has 110 valence electrons. The SMILES string of the molecule is c1ccc(CC(CNC2CC2)CC2CCOCC2)cc1. The lowest BCUT2D eigenvalue weighted by Crippen LogP contribution is -2.29. The summed E-state index contributed by atoms with van der Waals surface area (Å²) >= 11 is 0. The average molecular weight is 273 g/mol. The molecule has 3 rings (SSSR count). The average Bonchev–Trinajstić information content (AvgIpc) is 3.31. The third-order valence-corrected chi connectivity index (χ3v) is 4.65. The van der Waals surface area contributed by atoms with Crippen molar-refractivity contribution in [3.05, 3.63) is 35.9 Å². The fourth-order valence-corrected chi connectivity index (χ4v) is 3.26. The van der Waals surface area contributed by atoms with E-state index in [1.165, 1.54) is 50.6 Å². The van der Waals surface area contributed by atoms with Crippen molar-refractivity contribution in [2.45, 2.75) is 44.6 Å². The summed E-state index contributed by atoms with van der Waals surface area (Å²) in [6, 6.07) is 11.8. The molecule has 20 heavy (non-hydrogen) atoms. The van der Waals surface area contributed by atoms with E-state index >= 15 is 0 Å². The van der Waals surface area contributed by atoms with Gasteiger partial charge in [0, 0.05) is 19.3 Å². The molecule has 2 fully saturated rings. The van der Waals surface area contributed by atoms with Gasteiger partial charge in [-0.05, 0) is 62.5 Å². The van der Waals surface area contributed by atoms with Crippen LogP contribution in [0.2, 0.25) is 0 Å². The van der Waals surface area contributed by atoms with Gasteiger partial charge in [0.05, 0.1) is 0 Å². The van der Waals surface area contributed by atoms with Gasteiger partial charge < -0.3 is 10.1 Å². The molecule has 1 N–H and O–H groups in total. The molecule has 1 aliphatic heterocycles. The maximum atomic E-state index is 5.49. The van der Waals surface area contributed by atoms with Crippen LogP contribution in [0.25, 0.3) is 0 Å². The number of benzene rings is 1. The maximum absolute atomic E-state index is 5.49. The Kier molecular flexibility index (Phi) is 5.10. The Labute approximate surface area is 122 Å². The number of nitrogens with one attached hydrogen (secondary N) is 1. The summed E-state index contributed by atoms with van der Waals surface area (Å²) in [5.41, 5.74) is 1.49. The van der Waals surface area contributed by atoms with Crippen LogP contribution in [0.4, 0.5) is 0 Å². The van der Waals surface area contributed by atoms with Gasteiger partial charge in [-0.2, -0.15) is 0 Å². The molecule has 1 aromatic rings. The van der Waals surface area contributed by atoms with Gasteiger partial charge in [0.1, 0.15) is 0 Å². The molecule has 1 saturated carbocycles. The lowest BCUT2D eigenvalue weighted by atomic mass is 9.85. The number of hydrogen-bond donors (Lipinski definition) is 1. The molecule has 2 aliphatic rings. The van der Waals surface area contributed by atoms with Crippen LogP contribution >= 0.6 is 0 Å². The van der Waals surface area contributed by atoms with Crippen LogP contribution in [-0.4, -0.2) is 25.8 Å². The molecule has 1 unspecified atom stereocenters. The van der Waals surface area contributed by atoms with Gasteiger partial charge in [0.25, 0.3) is 0 Å². The molecule has 2 nitrogen and oxygen atoms in total. The van der Waals surface area contributed by atoms with Crippen molar-refractivity contribution in [3.63, 3.8) is 0 Å². The lowest BCUT2D eigenvalue weighted by Gasteiger charge is -2.27. The largest absolute Gasteiger partial charge is 0.381 e. The second-order valence-electron chi connectivity index (χ2n) is 6.53. The highest BCUT2D eigenvalue weighted by Gasteiger charge is 2.24. The maximum Gasteiger partial charge on any atom is 0.0468 e. The third kappa shape index (κ3) is 4.60. The molecule has 0 bridgehead atoms. The summed E-state index contributed by atoms with van der Waals surface area (Å²) in [7, 11) is 0. The Morgan fingerprint density at radius 1 is 1.05 bits per heavy atom. The molecule has 1 atom stereocenters. The first kappa shape index (κ1) is 14.1. The number of hydrogen-bond acceptors (Lipinski definition) is 2. The molecule has 1 aliphatic carbocycles. The summed E-state index contributed by atoms with van der Waals surface area (Å²) in [6.45, 7) is 3.13. The first-order valence-electron chi connectivity index (χ1n) is 8.25. The van der Waals surface area contributed by atoms with Gasteiger partial charge in [-0.1, -0.05) is 30.3 Å². The van der Waals surface area contributed by atoms with Gasteiger partial charge in [-0.15, -0.1) is 0 Å². The first-order valence-corrected chi connectivity index (χ1v) is 8.25. The summed E-state index contributed by atoms with van der Waals surface area (Å²) in [4.78, 5) is 0. The first-order chi connectivity index (χ1) is 9.90. The fourth-order valence-electron chi connectivity index (χ4n) is 3.26. The van der Waals surface area contributed by atoms with E-state index < -0.39 is 0 Å². The van der Waals surface area contributed by atoms with Crippen molar-refractivity contribution >= 4 is 0 Å². The van der Waals surface area contributed by atoms with Crippen LogP contribution in [0.15, 0.2) is 30.3 Å². The minimum Gasteiger partial charge on any atom is -0.381 e. The van der Waals surface area contributed by atoms with E-state index in [0.29, 0.717) is 0 Å². The Bertz CT molecular complexity index is 382. The lowest BCUT2D eigenvalue weighted by molar-refractivity contribution is 0.0584. The van der Waals surface area contributed by atoms with E-state index in [2.05, 4.69) is 35.6 Å². The van der Waals surface area contributed by atoms with Gasteiger partial charge in [0.2, 0.25) is 0 Å². The zero-order valence-corrected chi connectivity index (χ0v) is 12.4. The van der Waals surface area contributed by atoms with Crippen LogP contribution in [-0.2, 0) is 11.2 Å². The minimum absolute atomic E-state index is 0.779. The minimum atomic E-state index is 0.779. The molecular formula is C18H27NO. The highest BCUT2D eigenvalue weighted by molar-refractivity contribution is 5.15. The summed E-state index contributed by atoms with van der Waals surface area (Å²) in [5, 5.41) is 3.74. The molecular weight excluding hydrogens is 246 g/mol. The summed E-state index contributed by atoms with van der Waals surface area (Å²) in [6.07, 6.45) is 7.87. The van der Waals surface area contributed by atoms with E-state index in [0.717, 1.165) is 31.1 Å². The van der Waals surface area contributed by atoms with Gasteiger partial charge in [0.15, 0.2) is 0 Å². The van der Waals surface area contributed by atoms with Crippen molar-refractivity contribution < 1.29 is 4.74 Å². The van der Waals surface area contributed by atoms with Crippen LogP contribution in [0, 0.1) is 11.8 Å². The standard InChI is InChI=1S/C18H27NO/c1-2-4-15(5-3-1)12-17(14-19-18-6-7-18)13-16-8-10-20-11-9-16/h1-5,16-19H,6-14H2. The molecule has 0 aromatic heterocycles. The van der Waals surface area contributed by atoms with Gasteiger partial charge in [-0.3, -0.25) is 0 Å². The Morgan fingerprint density at radius 3 is 2.50 bits per heavy atom. The zero-order valence-electron chi connectivity index (χ0n) is 12.4. The molecule has 2 heteroatoms. The van der Waals surface area contributed by atoms with Crippen molar-refractivity contribution in [3.8, 4) is 0 Å². The van der Waals surface area contributed by atoms with Crippen LogP contribution < -0.4 is 5.32 Å². The van der Waals surface area contributed by atoms with Crippen molar-refractivity contribution in [2.75, 3.05) is 19.8 Å². The highest BCUT2D eigenvalue weighted by Crippen LogP contribution is 2.26. The van der Waals surface area contributed by atoms with Crippen LogP contribution in [0.3, 0.4) is 0 Å². The summed E-state index contributed by atoms with van der Waals surface area (Å²) < 4.78 is 5.49. The smallest absolute Gasteiger partial charge is 0.0468 e. The Balaban J connectivity index is 1.53. The second kappa shape index (κ2) is 7.24. The van der Waals surface area contributed by atoms with E-state index in [1.807, 2.05) is 0 Å². The van der Waals surface area contributed by atoms with Crippen molar-refractivity contribution in [1.29, 1.82) is 0 Å². The van der Waals surface area contributed by atoms with E-state index in [-0.39, 0.29) is 0 Å². The summed E-state index contributed by atoms with van der Waals surface area (Å²) in [5.74, 6) is 1.65. The van der Waals surface area contributed by atoms with Crippen LogP contribution in [0.1, 0.15) is 37.7 Å². The molecule has 1 saturated heterocycles. The monoisotopic (exact) mass is 273 g/mol.